The average molecular weight is 301 g/mol. The molecule has 3 rings (SSSR count). The third kappa shape index (κ3) is 3.04. The Labute approximate surface area is 127 Å². The Bertz CT molecular complexity index is 789. The zero-order valence-corrected chi connectivity index (χ0v) is 12.0. The molecule has 0 saturated heterocycles. The molecule has 2 aromatic carbocycles. The van der Waals surface area contributed by atoms with Crippen LogP contribution in [-0.4, -0.2) is 4.98 Å². The second-order valence-electron chi connectivity index (χ2n) is 4.97. The van der Waals surface area contributed by atoms with Gasteiger partial charge in [-0.05, 0) is 30.3 Å². The molecule has 2 N–H and O–H groups in total. The monoisotopic (exact) mass is 300 g/mol. The van der Waals surface area contributed by atoms with Crippen LogP contribution in [0.3, 0.4) is 0 Å². The van der Waals surface area contributed by atoms with E-state index in [0.29, 0.717) is 17.0 Å². The van der Waals surface area contributed by atoms with Gasteiger partial charge >= 0.3 is 0 Å². The average Bonchev–Trinajstić information content (AvgIpc) is 2.49. The van der Waals surface area contributed by atoms with Crippen molar-refractivity contribution < 1.29 is 4.39 Å². The quantitative estimate of drug-likeness (QED) is 0.784. The van der Waals surface area contributed by atoms with Crippen LogP contribution in [0, 0.1) is 5.82 Å². The van der Waals surface area contributed by atoms with Gasteiger partial charge in [-0.2, -0.15) is 0 Å². The molecule has 2 nitrogen and oxygen atoms in total. The minimum atomic E-state index is -0.475. The Morgan fingerprint density at radius 2 is 1.90 bits per heavy atom. The molecular weight excluding hydrogens is 287 g/mol. The van der Waals surface area contributed by atoms with Crippen LogP contribution in [0.2, 0.25) is 5.02 Å². The van der Waals surface area contributed by atoms with Crippen molar-refractivity contribution in [2.75, 3.05) is 0 Å². The molecule has 0 aliphatic rings. The lowest BCUT2D eigenvalue weighted by atomic mass is 10.0. The van der Waals surface area contributed by atoms with E-state index in [0.717, 1.165) is 16.6 Å². The van der Waals surface area contributed by atoms with E-state index < -0.39 is 6.04 Å². The molecule has 0 spiro atoms. The molecule has 1 heterocycles. The molecule has 0 saturated carbocycles. The Morgan fingerprint density at radius 1 is 1.10 bits per heavy atom. The molecule has 0 bridgehead atoms. The summed E-state index contributed by atoms with van der Waals surface area (Å²) in [5.74, 6) is -0.340. The molecule has 3 aromatic rings. The van der Waals surface area contributed by atoms with E-state index in [4.69, 9.17) is 17.3 Å². The van der Waals surface area contributed by atoms with Gasteiger partial charge in [0, 0.05) is 34.1 Å². The van der Waals surface area contributed by atoms with Gasteiger partial charge in [-0.25, -0.2) is 4.39 Å². The number of aromatic nitrogens is 1. The fourth-order valence-corrected chi connectivity index (χ4v) is 2.54. The SMILES string of the molecule is NC(Cc1ccc2ccccc2n1)c1cc(Cl)ccc1F. The van der Waals surface area contributed by atoms with Gasteiger partial charge in [0.15, 0.2) is 0 Å². The van der Waals surface area contributed by atoms with Crippen LogP contribution in [0.15, 0.2) is 54.6 Å². The van der Waals surface area contributed by atoms with Crippen LogP contribution < -0.4 is 5.73 Å². The van der Waals surface area contributed by atoms with Crippen LogP contribution in [0.5, 0.6) is 0 Å². The highest BCUT2D eigenvalue weighted by atomic mass is 35.5. The van der Waals surface area contributed by atoms with E-state index in [9.17, 15) is 4.39 Å². The van der Waals surface area contributed by atoms with Crippen molar-refractivity contribution in [2.24, 2.45) is 5.73 Å². The minimum Gasteiger partial charge on any atom is -0.324 e. The second kappa shape index (κ2) is 5.80. The van der Waals surface area contributed by atoms with Crippen molar-refractivity contribution in [3.8, 4) is 0 Å². The Kier molecular flexibility index (Phi) is 3.86. The van der Waals surface area contributed by atoms with E-state index in [1.54, 1.807) is 6.07 Å². The number of fused-ring (bicyclic) bond motifs is 1. The topological polar surface area (TPSA) is 38.9 Å². The van der Waals surface area contributed by atoms with Crippen LogP contribution in [0.4, 0.5) is 4.39 Å². The largest absolute Gasteiger partial charge is 0.324 e. The van der Waals surface area contributed by atoms with Crippen LogP contribution in [0.1, 0.15) is 17.3 Å². The first-order chi connectivity index (χ1) is 10.1. The molecule has 0 radical (unpaired) electrons. The van der Waals surface area contributed by atoms with Crippen molar-refractivity contribution in [3.63, 3.8) is 0 Å². The molecule has 1 atom stereocenters. The summed E-state index contributed by atoms with van der Waals surface area (Å²) in [4.78, 5) is 4.56. The maximum Gasteiger partial charge on any atom is 0.128 e. The summed E-state index contributed by atoms with van der Waals surface area (Å²) in [5.41, 5.74) is 8.26. The molecule has 4 heteroatoms. The number of nitrogens with two attached hydrogens (primary N) is 1. The highest BCUT2D eigenvalue weighted by molar-refractivity contribution is 6.30. The van der Waals surface area contributed by atoms with Crippen molar-refractivity contribution in [2.45, 2.75) is 12.5 Å². The molecule has 0 aliphatic heterocycles. The van der Waals surface area contributed by atoms with Gasteiger partial charge in [-0.1, -0.05) is 35.9 Å². The second-order valence-corrected chi connectivity index (χ2v) is 5.41. The molecule has 0 amide bonds. The van der Waals surface area contributed by atoms with Gasteiger partial charge in [0.2, 0.25) is 0 Å². The number of hydrogen-bond acceptors (Lipinski definition) is 2. The Hall–Kier alpha value is -1.97. The Balaban J connectivity index is 1.88. The molecule has 1 aromatic heterocycles. The maximum absolute atomic E-state index is 13.8. The summed E-state index contributed by atoms with van der Waals surface area (Å²) in [6, 6.07) is 15.7. The predicted octanol–water partition coefficient (Wildman–Crippen LogP) is 4.27. The summed E-state index contributed by atoms with van der Waals surface area (Å²) in [6.45, 7) is 0. The number of halogens is 2. The first-order valence-corrected chi connectivity index (χ1v) is 7.06. The van der Waals surface area contributed by atoms with E-state index in [-0.39, 0.29) is 5.82 Å². The lowest BCUT2D eigenvalue weighted by molar-refractivity contribution is 0.578. The lowest BCUT2D eigenvalue weighted by Gasteiger charge is -2.13. The number of para-hydroxylation sites is 1. The summed E-state index contributed by atoms with van der Waals surface area (Å²) in [5, 5.41) is 1.55. The van der Waals surface area contributed by atoms with Crippen LogP contribution in [0.25, 0.3) is 10.9 Å². The third-order valence-electron chi connectivity index (χ3n) is 3.44. The van der Waals surface area contributed by atoms with Crippen LogP contribution >= 0.6 is 11.6 Å². The highest BCUT2D eigenvalue weighted by Gasteiger charge is 2.13. The summed E-state index contributed by atoms with van der Waals surface area (Å²) < 4.78 is 13.8. The van der Waals surface area contributed by atoms with Crippen molar-refractivity contribution >= 4 is 22.5 Å². The summed E-state index contributed by atoms with van der Waals surface area (Å²) in [6.07, 6.45) is 0.460. The summed E-state index contributed by atoms with van der Waals surface area (Å²) >= 11 is 5.90. The molecule has 21 heavy (non-hydrogen) atoms. The van der Waals surface area contributed by atoms with Crippen molar-refractivity contribution in [3.05, 3.63) is 76.7 Å². The normalized spacial score (nSPS) is 12.5. The van der Waals surface area contributed by atoms with Gasteiger partial charge in [0.25, 0.3) is 0 Å². The van der Waals surface area contributed by atoms with E-state index >= 15 is 0 Å². The smallest absolute Gasteiger partial charge is 0.128 e. The van der Waals surface area contributed by atoms with Gasteiger partial charge in [-0.15, -0.1) is 0 Å². The number of nitrogens with zero attached hydrogens (tertiary/aromatic N) is 1. The fraction of sp³-hybridized carbons (Fsp3) is 0.118. The van der Waals surface area contributed by atoms with Crippen molar-refractivity contribution in [1.29, 1.82) is 0 Å². The number of rotatable bonds is 3. The van der Waals surface area contributed by atoms with E-state index in [2.05, 4.69) is 4.98 Å². The molecule has 1 unspecified atom stereocenters. The fourth-order valence-electron chi connectivity index (χ4n) is 2.36. The van der Waals surface area contributed by atoms with Gasteiger partial charge < -0.3 is 5.73 Å². The Morgan fingerprint density at radius 3 is 2.76 bits per heavy atom. The molecular formula is C17H14ClFN2. The van der Waals surface area contributed by atoms with E-state index in [1.165, 1.54) is 12.1 Å². The number of pyridine rings is 1. The van der Waals surface area contributed by atoms with Crippen molar-refractivity contribution in [1.82, 2.24) is 4.98 Å². The van der Waals surface area contributed by atoms with Crippen LogP contribution in [-0.2, 0) is 6.42 Å². The van der Waals surface area contributed by atoms with Gasteiger partial charge in [-0.3, -0.25) is 4.98 Å². The first-order valence-electron chi connectivity index (χ1n) is 6.69. The zero-order valence-electron chi connectivity index (χ0n) is 11.3. The highest BCUT2D eigenvalue weighted by Crippen LogP contribution is 2.23. The number of hydrogen-bond donors (Lipinski definition) is 1. The summed E-state index contributed by atoms with van der Waals surface area (Å²) in [7, 11) is 0. The maximum atomic E-state index is 13.8. The molecule has 106 valence electrons. The predicted molar refractivity (Wildman–Crippen MR) is 83.8 cm³/mol. The minimum absolute atomic E-state index is 0.340. The lowest BCUT2D eigenvalue weighted by Crippen LogP contribution is -2.15. The van der Waals surface area contributed by atoms with E-state index in [1.807, 2.05) is 36.4 Å². The van der Waals surface area contributed by atoms with Gasteiger partial charge in [0.1, 0.15) is 5.82 Å². The first kappa shape index (κ1) is 14.0. The zero-order chi connectivity index (χ0) is 14.8. The third-order valence-corrected chi connectivity index (χ3v) is 3.68. The molecule has 0 aliphatic carbocycles. The van der Waals surface area contributed by atoms with Gasteiger partial charge in [0.05, 0.1) is 5.52 Å². The number of benzene rings is 2. The molecule has 0 fully saturated rings. The standard InChI is InChI=1S/C17H14ClFN2/c18-12-6-8-15(19)14(9-12)16(20)10-13-7-5-11-3-1-2-4-17(11)21-13/h1-9,16H,10,20H2.